The predicted octanol–water partition coefficient (Wildman–Crippen LogP) is 0.0337. The van der Waals surface area contributed by atoms with Crippen molar-refractivity contribution >= 4 is 15.9 Å². The molecule has 1 aliphatic rings. The molecule has 0 radical (unpaired) electrons. The molecule has 2 rings (SSSR count). The van der Waals surface area contributed by atoms with Crippen molar-refractivity contribution in [2.75, 3.05) is 53.0 Å². The molecule has 25 heavy (non-hydrogen) atoms. The van der Waals surface area contributed by atoms with Gasteiger partial charge in [-0.2, -0.15) is 4.31 Å². The lowest BCUT2D eigenvalue weighted by atomic mass is 10.3. The highest BCUT2D eigenvalue weighted by Gasteiger charge is 2.33. The van der Waals surface area contributed by atoms with E-state index in [1.165, 1.54) is 4.90 Å². The number of amides is 1. The van der Waals surface area contributed by atoms with Crippen LogP contribution in [0.3, 0.4) is 0 Å². The van der Waals surface area contributed by atoms with Gasteiger partial charge in [0, 0.05) is 39.8 Å². The summed E-state index contributed by atoms with van der Waals surface area (Å²) in [5.74, 6) is -2.41. The summed E-state index contributed by atoms with van der Waals surface area (Å²) in [5.41, 5.74) is 0. The first kappa shape index (κ1) is 19.7. The zero-order valence-corrected chi connectivity index (χ0v) is 14.7. The summed E-state index contributed by atoms with van der Waals surface area (Å²) in [7, 11) is -2.73. The molecule has 0 aromatic heterocycles. The number of ether oxygens (including phenoxy) is 1. The molecule has 0 bridgehead atoms. The highest BCUT2D eigenvalue weighted by Crippen LogP contribution is 2.23. The lowest BCUT2D eigenvalue weighted by Gasteiger charge is -2.34. The van der Waals surface area contributed by atoms with Crippen molar-refractivity contribution in [2.45, 2.75) is 4.90 Å². The number of sulfonamides is 1. The Bertz CT molecular complexity index is 686. The summed E-state index contributed by atoms with van der Waals surface area (Å²) in [4.78, 5) is 12.6. The van der Waals surface area contributed by atoms with Crippen LogP contribution in [0.4, 0.5) is 8.78 Å². The smallest absolute Gasteiger partial charge is 0.249 e. The van der Waals surface area contributed by atoms with Crippen LogP contribution in [0.1, 0.15) is 0 Å². The zero-order valence-electron chi connectivity index (χ0n) is 13.9. The van der Waals surface area contributed by atoms with Crippen molar-refractivity contribution in [2.24, 2.45) is 0 Å². The summed E-state index contributed by atoms with van der Waals surface area (Å²) >= 11 is 0. The Morgan fingerprint density at radius 3 is 2.36 bits per heavy atom. The molecule has 0 saturated carbocycles. The maximum Gasteiger partial charge on any atom is 0.249 e. The Morgan fingerprint density at radius 2 is 1.80 bits per heavy atom. The lowest BCUT2D eigenvalue weighted by molar-refractivity contribution is -0.131. The molecule has 0 spiro atoms. The molecule has 0 aliphatic carbocycles. The topological polar surface area (TPSA) is 79.0 Å². The van der Waals surface area contributed by atoms with Crippen LogP contribution in [0.2, 0.25) is 0 Å². The van der Waals surface area contributed by atoms with Gasteiger partial charge in [-0.15, -0.1) is 0 Å². The van der Waals surface area contributed by atoms with Crippen molar-refractivity contribution < 1.29 is 26.7 Å². The average molecular weight is 377 g/mol. The second-order valence-electron chi connectivity index (χ2n) is 5.51. The number of rotatable bonds is 7. The number of benzene rings is 1. The van der Waals surface area contributed by atoms with Crippen molar-refractivity contribution in [1.82, 2.24) is 14.5 Å². The van der Waals surface area contributed by atoms with Crippen molar-refractivity contribution in [3.8, 4) is 0 Å². The third-order valence-electron chi connectivity index (χ3n) is 3.87. The number of piperazine rings is 1. The van der Waals surface area contributed by atoms with Gasteiger partial charge >= 0.3 is 0 Å². The van der Waals surface area contributed by atoms with E-state index in [2.05, 4.69) is 5.32 Å². The lowest BCUT2D eigenvalue weighted by Crippen LogP contribution is -2.52. The Balaban J connectivity index is 1.96. The number of hydrogen-bond donors (Lipinski definition) is 1. The van der Waals surface area contributed by atoms with Gasteiger partial charge in [0.1, 0.15) is 11.6 Å². The van der Waals surface area contributed by atoms with Crippen LogP contribution < -0.4 is 5.32 Å². The first-order valence-corrected chi connectivity index (χ1v) is 9.23. The van der Waals surface area contributed by atoms with Gasteiger partial charge in [0.05, 0.1) is 13.2 Å². The number of nitrogens with one attached hydrogen (secondary N) is 1. The summed E-state index contributed by atoms with van der Waals surface area (Å²) in [5, 5.41) is 2.92. The fourth-order valence-electron chi connectivity index (χ4n) is 2.52. The minimum atomic E-state index is -4.28. The van der Waals surface area contributed by atoms with Crippen molar-refractivity contribution in [3.63, 3.8) is 0 Å². The standard InChI is InChI=1S/C15H21F2N3O4S/c1-24-10-5-18-11-14(21)19-6-8-20(9-7-19)25(22,23)15-12(16)3-2-4-13(15)17/h2-4,18H,5-11H2,1H3. The van der Waals surface area contributed by atoms with Gasteiger partial charge in [-0.25, -0.2) is 17.2 Å². The zero-order chi connectivity index (χ0) is 18.4. The Labute approximate surface area is 145 Å². The molecule has 1 amide bonds. The number of halogens is 2. The van der Waals surface area contributed by atoms with Crippen molar-refractivity contribution in [3.05, 3.63) is 29.8 Å². The third-order valence-corrected chi connectivity index (χ3v) is 5.82. The molecule has 140 valence electrons. The fraction of sp³-hybridized carbons (Fsp3) is 0.533. The minimum Gasteiger partial charge on any atom is -0.383 e. The SMILES string of the molecule is COCCNCC(=O)N1CCN(S(=O)(=O)c2c(F)cccc2F)CC1. The van der Waals surface area contributed by atoms with Crippen LogP contribution >= 0.6 is 0 Å². The number of methoxy groups -OCH3 is 1. The van der Waals surface area contributed by atoms with E-state index >= 15 is 0 Å². The monoisotopic (exact) mass is 377 g/mol. The highest BCUT2D eigenvalue weighted by atomic mass is 32.2. The molecule has 1 aromatic rings. The first-order valence-electron chi connectivity index (χ1n) is 7.79. The Hall–Kier alpha value is -1.62. The van der Waals surface area contributed by atoms with E-state index in [0.29, 0.717) is 13.2 Å². The summed E-state index contributed by atoms with van der Waals surface area (Å²) < 4.78 is 58.3. The molecule has 1 heterocycles. The maximum absolute atomic E-state index is 13.8. The van der Waals surface area contributed by atoms with Crippen LogP contribution in [-0.4, -0.2) is 76.5 Å². The van der Waals surface area contributed by atoms with Gasteiger partial charge in [-0.05, 0) is 12.1 Å². The summed E-state index contributed by atoms with van der Waals surface area (Å²) in [6, 6.07) is 2.92. The van der Waals surface area contributed by atoms with E-state index in [4.69, 9.17) is 4.74 Å². The van der Waals surface area contributed by atoms with Gasteiger partial charge in [-0.3, -0.25) is 4.79 Å². The highest BCUT2D eigenvalue weighted by molar-refractivity contribution is 7.89. The molecular weight excluding hydrogens is 356 g/mol. The van der Waals surface area contributed by atoms with E-state index in [-0.39, 0.29) is 38.6 Å². The molecule has 10 heteroatoms. The Morgan fingerprint density at radius 1 is 1.20 bits per heavy atom. The first-order chi connectivity index (χ1) is 11.9. The number of hydrogen-bond acceptors (Lipinski definition) is 5. The molecule has 1 aliphatic heterocycles. The summed E-state index contributed by atoms with van der Waals surface area (Å²) in [6.07, 6.45) is 0. The van der Waals surface area contributed by atoms with Crippen LogP contribution in [-0.2, 0) is 19.6 Å². The van der Waals surface area contributed by atoms with Gasteiger partial charge in [-0.1, -0.05) is 6.07 Å². The van der Waals surface area contributed by atoms with E-state index in [1.54, 1.807) is 7.11 Å². The van der Waals surface area contributed by atoms with Crippen LogP contribution in [0.15, 0.2) is 23.1 Å². The number of carbonyl (C=O) groups is 1. The van der Waals surface area contributed by atoms with Crippen LogP contribution in [0, 0.1) is 11.6 Å². The Kier molecular flexibility index (Phi) is 6.82. The number of nitrogens with zero attached hydrogens (tertiary/aromatic N) is 2. The molecule has 1 aromatic carbocycles. The molecule has 1 fully saturated rings. The van der Waals surface area contributed by atoms with Gasteiger partial charge in [0.25, 0.3) is 0 Å². The molecule has 1 N–H and O–H groups in total. The van der Waals surface area contributed by atoms with E-state index in [9.17, 15) is 22.0 Å². The van der Waals surface area contributed by atoms with Crippen LogP contribution in [0.25, 0.3) is 0 Å². The molecule has 0 unspecified atom stereocenters. The van der Waals surface area contributed by atoms with E-state index in [1.807, 2.05) is 0 Å². The average Bonchev–Trinajstić information content (AvgIpc) is 2.58. The molecule has 7 nitrogen and oxygen atoms in total. The maximum atomic E-state index is 13.8. The molecule has 1 saturated heterocycles. The number of carbonyl (C=O) groups excluding carboxylic acids is 1. The van der Waals surface area contributed by atoms with Crippen molar-refractivity contribution in [1.29, 1.82) is 0 Å². The third kappa shape index (κ3) is 4.72. The molecular formula is C15H21F2N3O4S. The quantitative estimate of drug-likeness (QED) is 0.679. The van der Waals surface area contributed by atoms with Crippen LogP contribution in [0.5, 0.6) is 0 Å². The van der Waals surface area contributed by atoms with Gasteiger partial charge < -0.3 is 15.0 Å². The minimum absolute atomic E-state index is 0.0140. The largest absolute Gasteiger partial charge is 0.383 e. The van der Waals surface area contributed by atoms with E-state index < -0.39 is 26.6 Å². The van der Waals surface area contributed by atoms with Gasteiger partial charge in [0.15, 0.2) is 4.90 Å². The summed E-state index contributed by atoms with van der Waals surface area (Å²) in [6.45, 7) is 1.44. The fourth-order valence-corrected chi connectivity index (χ4v) is 4.05. The molecule has 0 atom stereocenters. The second kappa shape index (κ2) is 8.65. The van der Waals surface area contributed by atoms with E-state index in [0.717, 1.165) is 22.5 Å². The predicted molar refractivity (Wildman–Crippen MR) is 86.4 cm³/mol. The van der Waals surface area contributed by atoms with Gasteiger partial charge in [0.2, 0.25) is 15.9 Å². The normalized spacial score (nSPS) is 16.2. The second-order valence-corrected chi connectivity index (χ2v) is 7.38.